The molecule has 2 aliphatic carbocycles. The van der Waals surface area contributed by atoms with Crippen molar-refractivity contribution in [1.29, 1.82) is 0 Å². The van der Waals surface area contributed by atoms with Gasteiger partial charge in [0.25, 0.3) is 0 Å². The number of carbonyl (C=O) groups is 2. The van der Waals surface area contributed by atoms with Gasteiger partial charge in [0.1, 0.15) is 30.8 Å². The molecule has 3 atom stereocenters. The minimum atomic E-state index is -0.302. The van der Waals surface area contributed by atoms with Gasteiger partial charge in [-0.3, -0.25) is 4.79 Å². The van der Waals surface area contributed by atoms with Crippen LogP contribution in [0.25, 0.3) is 0 Å². The number of carbonyl (C=O) groups excluding carboxylic acids is 2. The molecule has 3 aliphatic rings. The van der Waals surface area contributed by atoms with Gasteiger partial charge in [0.05, 0.1) is 12.0 Å². The van der Waals surface area contributed by atoms with Crippen molar-refractivity contribution in [1.82, 2.24) is 0 Å². The predicted molar refractivity (Wildman–Crippen MR) is 120 cm³/mol. The highest BCUT2D eigenvalue weighted by Crippen LogP contribution is 2.36. The quantitative estimate of drug-likeness (QED) is 0.540. The van der Waals surface area contributed by atoms with Gasteiger partial charge in [-0.2, -0.15) is 0 Å². The number of allylic oxidation sites excluding steroid dienone is 1. The third-order valence-electron chi connectivity index (χ3n) is 6.60. The summed E-state index contributed by atoms with van der Waals surface area (Å²) < 4.78 is 23.0. The summed E-state index contributed by atoms with van der Waals surface area (Å²) in [6, 6.07) is 3.62. The summed E-state index contributed by atoms with van der Waals surface area (Å²) in [6.45, 7) is 3.75. The Hall–Kier alpha value is -2.05. The lowest BCUT2D eigenvalue weighted by Gasteiger charge is -2.37. The fraction of sp³-hybridized carbons (Fsp3) is 0.600. The van der Waals surface area contributed by atoms with Crippen LogP contribution in [-0.2, 0) is 23.8 Å². The molecule has 32 heavy (non-hydrogen) atoms. The van der Waals surface area contributed by atoms with Crippen molar-refractivity contribution in [2.45, 2.75) is 83.5 Å². The molecule has 1 aliphatic heterocycles. The van der Waals surface area contributed by atoms with E-state index in [4.69, 9.17) is 30.5 Å². The van der Waals surface area contributed by atoms with Gasteiger partial charge < -0.3 is 18.9 Å². The molecule has 0 amide bonds. The van der Waals surface area contributed by atoms with Crippen molar-refractivity contribution < 1.29 is 28.5 Å². The molecule has 0 saturated heterocycles. The number of Topliss-reactive ketones (excluding diaryl/α,β-unsaturated/α-hetero) is 1. The Balaban J connectivity index is 1.28. The summed E-state index contributed by atoms with van der Waals surface area (Å²) in [5, 5.41) is 0.693. The summed E-state index contributed by atoms with van der Waals surface area (Å²) in [6.07, 6.45) is 8.28. The largest absolute Gasteiger partial charge is 0.493 e. The standard InChI is InChI=1S/C25H31ClO6/c1-15-10-19(11-16(2)24(15)26)31-22-13-30-21-12-18(8-9-20(21)25(22)28)29-14-23(27)32-17-6-4-3-5-7-17/h10-11,13,17-18,20-21H,3-9,12,14H2,1-2H3. The van der Waals surface area contributed by atoms with Crippen LogP contribution in [0.2, 0.25) is 5.02 Å². The SMILES string of the molecule is Cc1cc(OC2=COC3CC(OCC(=O)OC4CCCCC4)CCC3C2=O)cc(C)c1Cl. The van der Waals surface area contributed by atoms with Gasteiger partial charge in [-0.1, -0.05) is 18.0 Å². The second-order valence-electron chi connectivity index (χ2n) is 9.10. The second-order valence-corrected chi connectivity index (χ2v) is 9.47. The molecule has 1 heterocycles. The van der Waals surface area contributed by atoms with Gasteiger partial charge >= 0.3 is 5.97 Å². The zero-order valence-electron chi connectivity index (χ0n) is 18.7. The number of rotatable bonds is 6. The van der Waals surface area contributed by atoms with E-state index < -0.39 is 0 Å². The van der Waals surface area contributed by atoms with Gasteiger partial charge in [-0.25, -0.2) is 4.79 Å². The molecule has 0 radical (unpaired) electrons. The summed E-state index contributed by atoms with van der Waals surface area (Å²) in [7, 11) is 0. The van der Waals surface area contributed by atoms with E-state index >= 15 is 0 Å². The Bertz CT molecular complexity index is 865. The highest BCUT2D eigenvalue weighted by Gasteiger charge is 2.41. The van der Waals surface area contributed by atoms with Crippen molar-refractivity contribution in [3.8, 4) is 5.75 Å². The van der Waals surface area contributed by atoms with Gasteiger partial charge in [-0.05, 0) is 75.6 Å². The van der Waals surface area contributed by atoms with E-state index in [0.717, 1.165) is 36.8 Å². The number of hydrogen-bond donors (Lipinski definition) is 0. The van der Waals surface area contributed by atoms with E-state index in [-0.39, 0.29) is 48.3 Å². The minimum Gasteiger partial charge on any atom is -0.493 e. The van der Waals surface area contributed by atoms with Crippen LogP contribution in [0.15, 0.2) is 24.2 Å². The number of fused-ring (bicyclic) bond motifs is 1. The molecular formula is C25H31ClO6. The Morgan fingerprint density at radius 3 is 2.50 bits per heavy atom. The number of aryl methyl sites for hydroxylation is 2. The van der Waals surface area contributed by atoms with Crippen molar-refractivity contribution >= 4 is 23.4 Å². The molecule has 1 aromatic carbocycles. The van der Waals surface area contributed by atoms with E-state index in [0.29, 0.717) is 30.0 Å². The highest BCUT2D eigenvalue weighted by atomic mass is 35.5. The fourth-order valence-corrected chi connectivity index (χ4v) is 4.95. The normalized spacial score (nSPS) is 26.0. The fourth-order valence-electron chi connectivity index (χ4n) is 4.84. The molecule has 7 heteroatoms. The molecule has 0 spiro atoms. The average Bonchev–Trinajstić information content (AvgIpc) is 2.78. The van der Waals surface area contributed by atoms with Gasteiger partial charge in [-0.15, -0.1) is 0 Å². The summed E-state index contributed by atoms with van der Waals surface area (Å²) >= 11 is 6.22. The third kappa shape index (κ3) is 5.46. The maximum Gasteiger partial charge on any atom is 0.332 e. The Morgan fingerprint density at radius 1 is 1.06 bits per heavy atom. The lowest BCUT2D eigenvalue weighted by molar-refractivity contribution is -0.161. The van der Waals surface area contributed by atoms with Crippen molar-refractivity contribution in [2.24, 2.45) is 5.92 Å². The van der Waals surface area contributed by atoms with E-state index in [1.807, 2.05) is 26.0 Å². The molecule has 2 saturated carbocycles. The molecule has 0 N–H and O–H groups in total. The summed E-state index contributed by atoms with van der Waals surface area (Å²) in [5.41, 5.74) is 1.79. The Kier molecular flexibility index (Phi) is 7.41. The molecule has 6 nitrogen and oxygen atoms in total. The zero-order valence-corrected chi connectivity index (χ0v) is 19.5. The zero-order chi connectivity index (χ0) is 22.7. The first-order chi connectivity index (χ1) is 15.4. The smallest absolute Gasteiger partial charge is 0.332 e. The highest BCUT2D eigenvalue weighted by molar-refractivity contribution is 6.32. The van der Waals surface area contributed by atoms with E-state index in [1.165, 1.54) is 12.7 Å². The first-order valence-corrected chi connectivity index (χ1v) is 11.9. The van der Waals surface area contributed by atoms with Crippen LogP contribution in [0.4, 0.5) is 0 Å². The maximum atomic E-state index is 13.0. The van der Waals surface area contributed by atoms with Crippen molar-refractivity contribution in [3.63, 3.8) is 0 Å². The maximum absolute atomic E-state index is 13.0. The number of ketones is 1. The van der Waals surface area contributed by atoms with E-state index in [9.17, 15) is 9.59 Å². The predicted octanol–water partition coefficient (Wildman–Crippen LogP) is 5.21. The number of ether oxygens (including phenoxy) is 4. The van der Waals surface area contributed by atoms with Crippen molar-refractivity contribution in [3.05, 3.63) is 40.3 Å². The summed E-state index contributed by atoms with van der Waals surface area (Å²) in [4.78, 5) is 25.1. The lowest BCUT2D eigenvalue weighted by Crippen LogP contribution is -2.43. The van der Waals surface area contributed by atoms with Crippen LogP contribution in [0.1, 0.15) is 62.5 Å². The first kappa shape index (κ1) is 23.1. The Labute approximate surface area is 194 Å². The second kappa shape index (κ2) is 10.3. The minimum absolute atomic E-state index is 0.0339. The summed E-state index contributed by atoms with van der Waals surface area (Å²) in [5.74, 6) is 0.159. The molecule has 4 rings (SSSR count). The van der Waals surface area contributed by atoms with Crippen LogP contribution in [0, 0.1) is 19.8 Å². The molecule has 1 aromatic rings. The number of esters is 1. The van der Waals surface area contributed by atoms with Crippen LogP contribution < -0.4 is 4.74 Å². The Morgan fingerprint density at radius 2 is 1.78 bits per heavy atom. The van der Waals surface area contributed by atoms with Crippen LogP contribution >= 0.6 is 11.6 Å². The van der Waals surface area contributed by atoms with Gasteiger partial charge in [0, 0.05) is 11.4 Å². The van der Waals surface area contributed by atoms with E-state index in [2.05, 4.69) is 0 Å². The molecule has 3 unspecified atom stereocenters. The first-order valence-electron chi connectivity index (χ1n) is 11.6. The van der Waals surface area contributed by atoms with Crippen LogP contribution in [0.5, 0.6) is 5.75 Å². The number of halogens is 1. The molecule has 174 valence electrons. The van der Waals surface area contributed by atoms with Crippen LogP contribution in [0.3, 0.4) is 0 Å². The molecule has 0 aromatic heterocycles. The van der Waals surface area contributed by atoms with E-state index in [1.54, 1.807) is 0 Å². The monoisotopic (exact) mass is 462 g/mol. The topological polar surface area (TPSA) is 71.1 Å². The number of hydrogen-bond acceptors (Lipinski definition) is 6. The average molecular weight is 463 g/mol. The number of benzene rings is 1. The third-order valence-corrected chi connectivity index (χ3v) is 7.19. The molecule has 0 bridgehead atoms. The van der Waals surface area contributed by atoms with Gasteiger partial charge in [0.15, 0.2) is 0 Å². The van der Waals surface area contributed by atoms with Gasteiger partial charge in [0.2, 0.25) is 11.5 Å². The van der Waals surface area contributed by atoms with Crippen molar-refractivity contribution in [2.75, 3.05) is 6.61 Å². The molecular weight excluding hydrogens is 432 g/mol. The van der Waals surface area contributed by atoms with Crippen LogP contribution in [-0.4, -0.2) is 36.7 Å². The lowest BCUT2D eigenvalue weighted by atomic mass is 9.80. The molecule has 2 fully saturated rings.